The van der Waals surface area contributed by atoms with Crippen molar-refractivity contribution in [1.29, 1.82) is 0 Å². The van der Waals surface area contributed by atoms with Crippen LogP contribution in [0.3, 0.4) is 0 Å². The third-order valence-corrected chi connectivity index (χ3v) is 7.26. The first kappa shape index (κ1) is 21.6. The number of likely N-dealkylation sites (N-methyl/N-ethyl adjacent to an activating group) is 1. The van der Waals surface area contributed by atoms with E-state index in [0.29, 0.717) is 18.7 Å². The molecular weight excluding hydrogens is 414 g/mol. The predicted molar refractivity (Wildman–Crippen MR) is 128 cm³/mol. The Morgan fingerprint density at radius 3 is 2.42 bits per heavy atom. The van der Waals surface area contributed by atoms with Crippen molar-refractivity contribution in [3.8, 4) is 11.1 Å². The molecule has 33 heavy (non-hydrogen) atoms. The lowest BCUT2D eigenvalue weighted by molar-refractivity contribution is -0.127. The average molecular weight is 444 g/mol. The van der Waals surface area contributed by atoms with Gasteiger partial charge < -0.3 is 15.0 Å². The van der Waals surface area contributed by atoms with Crippen LogP contribution in [-0.2, 0) is 17.8 Å². The normalized spacial score (nSPS) is 23.8. The maximum Gasteiger partial charge on any atom is 0.258 e. The van der Waals surface area contributed by atoms with Crippen LogP contribution >= 0.6 is 0 Å². The lowest BCUT2D eigenvalue weighted by atomic mass is 9.88. The van der Waals surface area contributed by atoms with Crippen molar-refractivity contribution in [3.05, 3.63) is 94.4 Å². The van der Waals surface area contributed by atoms with Crippen molar-refractivity contribution >= 4 is 5.91 Å². The highest BCUT2D eigenvalue weighted by atomic mass is 16.3. The highest BCUT2D eigenvalue weighted by Crippen LogP contribution is 2.48. The van der Waals surface area contributed by atoms with Gasteiger partial charge in [-0.15, -0.1) is 0 Å². The quantitative estimate of drug-likeness (QED) is 0.614. The summed E-state index contributed by atoms with van der Waals surface area (Å²) in [5.41, 5.74) is 3.67. The molecule has 0 radical (unpaired) electrons. The van der Waals surface area contributed by atoms with Gasteiger partial charge in [0.25, 0.3) is 5.56 Å². The smallest absolute Gasteiger partial charge is 0.258 e. The number of hydrogen-bond acceptors (Lipinski definition) is 4. The number of hydrogen-bond donors (Lipinski definition) is 2. The van der Waals surface area contributed by atoms with Crippen LogP contribution in [0.1, 0.15) is 17.3 Å². The molecule has 1 amide bonds. The molecule has 5 rings (SSSR count). The Morgan fingerprint density at radius 1 is 1.03 bits per heavy atom. The van der Waals surface area contributed by atoms with Crippen LogP contribution in [0.15, 0.2) is 77.6 Å². The largest absolute Gasteiger partial charge is 0.396 e. The minimum absolute atomic E-state index is 0.0120. The molecule has 170 valence electrons. The van der Waals surface area contributed by atoms with E-state index in [1.165, 1.54) is 5.56 Å². The van der Waals surface area contributed by atoms with E-state index in [9.17, 15) is 14.7 Å². The van der Waals surface area contributed by atoms with Gasteiger partial charge in [-0.3, -0.25) is 14.5 Å². The Kier molecular flexibility index (Phi) is 5.87. The fourth-order valence-corrected chi connectivity index (χ4v) is 5.69. The van der Waals surface area contributed by atoms with Crippen LogP contribution in [0.2, 0.25) is 0 Å². The number of nitrogens with zero attached hydrogens (tertiary/aromatic N) is 2. The van der Waals surface area contributed by atoms with Gasteiger partial charge in [-0.1, -0.05) is 60.7 Å². The number of fused-ring (bicyclic) bond motifs is 3. The summed E-state index contributed by atoms with van der Waals surface area (Å²) in [6, 6.07) is 23.2. The van der Waals surface area contributed by atoms with Crippen LogP contribution in [-0.4, -0.2) is 46.7 Å². The number of aliphatic hydroxyl groups is 1. The molecule has 0 spiro atoms. The zero-order valence-electron chi connectivity index (χ0n) is 18.7. The van der Waals surface area contributed by atoms with Gasteiger partial charge in [0.05, 0.1) is 12.1 Å². The number of benzene rings is 2. The summed E-state index contributed by atoms with van der Waals surface area (Å²) in [5.74, 6) is -0.267. The number of aliphatic hydroxyl groups excluding tert-OH is 1. The molecule has 0 saturated carbocycles. The van der Waals surface area contributed by atoms with Crippen LogP contribution < -0.4 is 10.9 Å². The van der Waals surface area contributed by atoms with Crippen molar-refractivity contribution in [1.82, 2.24) is 14.8 Å². The van der Waals surface area contributed by atoms with Gasteiger partial charge in [-0.25, -0.2) is 0 Å². The maximum absolute atomic E-state index is 13.3. The molecule has 4 atom stereocenters. The lowest BCUT2D eigenvalue weighted by Gasteiger charge is -2.27. The van der Waals surface area contributed by atoms with Crippen LogP contribution in [0.5, 0.6) is 0 Å². The zero-order valence-corrected chi connectivity index (χ0v) is 18.7. The maximum atomic E-state index is 13.3. The number of likely N-dealkylation sites (tertiary alicyclic amines) is 1. The minimum Gasteiger partial charge on any atom is -0.396 e. The van der Waals surface area contributed by atoms with E-state index in [1.54, 1.807) is 0 Å². The van der Waals surface area contributed by atoms with E-state index in [1.807, 2.05) is 89.3 Å². The number of carbonyl (C=O) groups is 1. The first-order chi connectivity index (χ1) is 16.1. The Hall–Kier alpha value is -3.22. The number of pyridine rings is 1. The molecule has 1 fully saturated rings. The van der Waals surface area contributed by atoms with Crippen LogP contribution in [0.25, 0.3) is 11.1 Å². The SMILES string of the molecule is CN1[C@H](C(=O)NCCc2ccccc2)[C@@H](CO)[C@@H]2Cn3c(ccc(-c4ccccc4)c3=O)[C@@H]21. The van der Waals surface area contributed by atoms with Crippen molar-refractivity contribution < 1.29 is 9.90 Å². The topological polar surface area (TPSA) is 74.6 Å². The molecule has 0 aliphatic carbocycles. The summed E-state index contributed by atoms with van der Waals surface area (Å²) in [7, 11) is 1.93. The van der Waals surface area contributed by atoms with Crippen LogP contribution in [0.4, 0.5) is 0 Å². The fourth-order valence-electron chi connectivity index (χ4n) is 5.69. The number of carbonyl (C=O) groups excluding carboxylic acids is 1. The molecule has 2 aliphatic rings. The van der Waals surface area contributed by atoms with E-state index in [4.69, 9.17) is 0 Å². The Bertz CT molecular complexity index is 1190. The molecule has 6 heteroatoms. The average Bonchev–Trinajstić information content (AvgIpc) is 3.36. The summed E-state index contributed by atoms with van der Waals surface area (Å²) in [6.45, 7) is 0.983. The van der Waals surface area contributed by atoms with Crippen LogP contribution in [0, 0.1) is 11.8 Å². The second-order valence-corrected chi connectivity index (χ2v) is 9.05. The standard InChI is InChI=1S/C27H29N3O3/c1-29-24-21(16-30-23(24)13-12-20(27(30)33)19-10-6-3-7-11-19)22(17-31)25(29)26(32)28-15-14-18-8-4-2-5-9-18/h2-13,21-22,24-25,31H,14-17H2,1H3,(H,28,32)/t21-,22-,24+,25-/m0/s1. The predicted octanol–water partition coefficient (Wildman–Crippen LogP) is 2.47. The van der Waals surface area contributed by atoms with Crippen molar-refractivity contribution in [2.24, 2.45) is 11.8 Å². The highest BCUT2D eigenvalue weighted by Gasteiger charge is 2.54. The molecule has 3 aromatic rings. The first-order valence-electron chi connectivity index (χ1n) is 11.5. The molecule has 6 nitrogen and oxygen atoms in total. The molecule has 1 aromatic heterocycles. The minimum atomic E-state index is -0.418. The van der Waals surface area contributed by atoms with Gasteiger partial charge >= 0.3 is 0 Å². The summed E-state index contributed by atoms with van der Waals surface area (Å²) < 4.78 is 1.83. The molecule has 1 saturated heterocycles. The van der Waals surface area contributed by atoms with Gasteiger partial charge in [-0.05, 0) is 36.7 Å². The molecule has 2 aliphatic heterocycles. The molecule has 3 heterocycles. The van der Waals surface area contributed by atoms with E-state index in [0.717, 1.165) is 17.7 Å². The second kappa shape index (κ2) is 8.96. The first-order valence-corrected chi connectivity index (χ1v) is 11.5. The van der Waals surface area contributed by atoms with Gasteiger partial charge in [0.2, 0.25) is 5.91 Å². The van der Waals surface area contributed by atoms with Gasteiger partial charge in [0, 0.05) is 42.8 Å². The Balaban J connectivity index is 1.36. The van der Waals surface area contributed by atoms with E-state index in [-0.39, 0.29) is 36.0 Å². The second-order valence-electron chi connectivity index (χ2n) is 9.05. The van der Waals surface area contributed by atoms with Crippen molar-refractivity contribution in [3.63, 3.8) is 0 Å². The number of rotatable bonds is 6. The van der Waals surface area contributed by atoms with E-state index >= 15 is 0 Å². The van der Waals surface area contributed by atoms with E-state index in [2.05, 4.69) is 5.32 Å². The van der Waals surface area contributed by atoms with Crippen molar-refractivity contribution in [2.75, 3.05) is 20.2 Å². The molecule has 0 unspecified atom stereocenters. The fraction of sp³-hybridized carbons (Fsp3) is 0.333. The Morgan fingerprint density at radius 2 is 1.73 bits per heavy atom. The molecule has 0 bridgehead atoms. The van der Waals surface area contributed by atoms with Gasteiger partial charge in [0.15, 0.2) is 0 Å². The number of amides is 1. The zero-order chi connectivity index (χ0) is 22.9. The molecule has 2 N–H and O–H groups in total. The number of nitrogens with one attached hydrogen (secondary N) is 1. The summed E-state index contributed by atoms with van der Waals surface area (Å²) in [6.07, 6.45) is 0.764. The van der Waals surface area contributed by atoms with Gasteiger partial charge in [0.1, 0.15) is 0 Å². The third-order valence-electron chi connectivity index (χ3n) is 7.26. The third kappa shape index (κ3) is 3.79. The molecular formula is C27H29N3O3. The Labute approximate surface area is 193 Å². The summed E-state index contributed by atoms with van der Waals surface area (Å²) in [4.78, 5) is 28.5. The summed E-state index contributed by atoms with van der Waals surface area (Å²) >= 11 is 0. The monoisotopic (exact) mass is 443 g/mol. The number of aromatic nitrogens is 1. The lowest BCUT2D eigenvalue weighted by Crippen LogP contribution is -2.47. The summed E-state index contributed by atoms with van der Waals surface area (Å²) in [5, 5.41) is 13.3. The highest BCUT2D eigenvalue weighted by molar-refractivity contribution is 5.82. The van der Waals surface area contributed by atoms with E-state index < -0.39 is 6.04 Å². The molecule has 2 aromatic carbocycles. The van der Waals surface area contributed by atoms with Gasteiger partial charge in [-0.2, -0.15) is 0 Å². The van der Waals surface area contributed by atoms with Crippen molar-refractivity contribution in [2.45, 2.75) is 25.0 Å².